The van der Waals surface area contributed by atoms with E-state index in [0.29, 0.717) is 5.69 Å². The number of carbonyl (C=O) groups excluding carboxylic acids is 3. The van der Waals surface area contributed by atoms with E-state index < -0.39 is 25.9 Å². The minimum absolute atomic E-state index is 0.0114. The van der Waals surface area contributed by atoms with Crippen molar-refractivity contribution >= 4 is 31.5 Å². The molecular formula is C21H33N3O5Si. The molecule has 1 saturated heterocycles. The number of carbonyl (C=O) groups is 3. The molecule has 0 radical (unpaired) electrons. The molecule has 166 valence electrons. The number of rotatable bonds is 3. The SMILES string of the molecule is CC(C)(C)OC(=O)N1CCOC1=O.C[Si](C)(C)c1ccc(C(=O)NC2=CCCC2)[nH]1. The molecule has 1 aromatic heterocycles. The predicted octanol–water partition coefficient (Wildman–Crippen LogP) is 3.73. The maximum atomic E-state index is 12.0. The number of amides is 3. The molecule has 0 atom stereocenters. The molecule has 2 aliphatic rings. The van der Waals surface area contributed by atoms with Gasteiger partial charge in [0.2, 0.25) is 0 Å². The van der Waals surface area contributed by atoms with Gasteiger partial charge in [0.25, 0.3) is 5.91 Å². The quantitative estimate of drug-likeness (QED) is 0.705. The number of H-pyrrole nitrogens is 1. The molecule has 0 saturated carbocycles. The first-order chi connectivity index (χ1) is 13.9. The number of ether oxygens (including phenoxy) is 2. The van der Waals surface area contributed by atoms with Crippen molar-refractivity contribution in [1.29, 1.82) is 0 Å². The second-order valence-electron chi connectivity index (χ2n) is 9.36. The van der Waals surface area contributed by atoms with Crippen LogP contribution in [-0.4, -0.2) is 54.8 Å². The standard InChI is InChI=1S/C13H20N2OSi.C8H13NO4/c1-17(2,3)12-9-8-11(15-12)13(16)14-10-6-4-5-7-10;1-8(2,3)13-7(11)9-4-5-12-6(9)10/h6,8-9,15H,4-5,7H2,1-3H3,(H,14,16);4-5H2,1-3H3. The van der Waals surface area contributed by atoms with Crippen molar-refractivity contribution in [2.75, 3.05) is 13.2 Å². The van der Waals surface area contributed by atoms with Crippen LogP contribution in [0.2, 0.25) is 19.6 Å². The van der Waals surface area contributed by atoms with Crippen molar-refractivity contribution in [3.63, 3.8) is 0 Å². The molecule has 3 rings (SSSR count). The summed E-state index contributed by atoms with van der Waals surface area (Å²) in [7, 11) is -1.35. The van der Waals surface area contributed by atoms with Gasteiger partial charge >= 0.3 is 12.2 Å². The van der Waals surface area contributed by atoms with E-state index in [1.54, 1.807) is 20.8 Å². The average Bonchev–Trinajstić information content (AvgIpc) is 3.34. The van der Waals surface area contributed by atoms with E-state index in [0.717, 1.165) is 29.9 Å². The van der Waals surface area contributed by atoms with E-state index >= 15 is 0 Å². The normalized spacial score (nSPS) is 16.4. The second-order valence-corrected chi connectivity index (χ2v) is 14.4. The van der Waals surface area contributed by atoms with Crippen LogP contribution in [0.25, 0.3) is 0 Å². The van der Waals surface area contributed by atoms with Crippen LogP contribution in [0.1, 0.15) is 50.5 Å². The molecule has 3 amide bonds. The van der Waals surface area contributed by atoms with Gasteiger partial charge in [-0.1, -0.05) is 25.7 Å². The van der Waals surface area contributed by atoms with Crippen LogP contribution in [0.3, 0.4) is 0 Å². The van der Waals surface area contributed by atoms with Crippen molar-refractivity contribution in [2.45, 2.75) is 65.3 Å². The zero-order chi connectivity index (χ0) is 22.5. The molecule has 9 heteroatoms. The second kappa shape index (κ2) is 9.50. The summed E-state index contributed by atoms with van der Waals surface area (Å²) >= 11 is 0. The van der Waals surface area contributed by atoms with Gasteiger partial charge in [0.05, 0.1) is 14.6 Å². The molecule has 2 heterocycles. The first-order valence-electron chi connectivity index (χ1n) is 10.2. The molecule has 1 aromatic rings. The lowest BCUT2D eigenvalue weighted by Crippen LogP contribution is -2.39. The smallest absolute Gasteiger partial charge is 0.419 e. The molecule has 0 bridgehead atoms. The maximum absolute atomic E-state index is 12.0. The van der Waals surface area contributed by atoms with Gasteiger partial charge in [-0.15, -0.1) is 0 Å². The van der Waals surface area contributed by atoms with E-state index in [4.69, 9.17) is 4.74 Å². The van der Waals surface area contributed by atoms with Crippen molar-refractivity contribution in [2.24, 2.45) is 0 Å². The fraction of sp³-hybridized carbons (Fsp3) is 0.571. The Kier molecular flexibility index (Phi) is 7.52. The number of hydrogen-bond donors (Lipinski definition) is 2. The summed E-state index contributed by atoms with van der Waals surface area (Å²) in [6.45, 7) is 12.5. The fourth-order valence-electron chi connectivity index (χ4n) is 2.84. The molecule has 0 aromatic carbocycles. The third kappa shape index (κ3) is 7.05. The van der Waals surface area contributed by atoms with E-state index in [1.165, 1.54) is 5.32 Å². The lowest BCUT2D eigenvalue weighted by Gasteiger charge is -2.21. The third-order valence-corrected chi connectivity index (χ3v) is 6.34. The minimum atomic E-state index is -1.35. The van der Waals surface area contributed by atoms with Crippen molar-refractivity contribution in [1.82, 2.24) is 15.2 Å². The number of nitrogens with one attached hydrogen (secondary N) is 2. The van der Waals surface area contributed by atoms with Gasteiger partial charge in [-0.2, -0.15) is 0 Å². The van der Waals surface area contributed by atoms with Crippen molar-refractivity contribution in [3.8, 4) is 0 Å². The van der Waals surface area contributed by atoms with E-state index in [2.05, 4.69) is 40.8 Å². The van der Waals surface area contributed by atoms with Gasteiger partial charge in [0.15, 0.2) is 0 Å². The largest absolute Gasteiger partial charge is 0.447 e. The van der Waals surface area contributed by atoms with Gasteiger partial charge in [0.1, 0.15) is 17.9 Å². The molecule has 8 nitrogen and oxygen atoms in total. The summed E-state index contributed by atoms with van der Waals surface area (Å²) in [4.78, 5) is 38.4. The van der Waals surface area contributed by atoms with Crippen LogP contribution in [0.5, 0.6) is 0 Å². The number of cyclic esters (lactones) is 1. The predicted molar refractivity (Wildman–Crippen MR) is 117 cm³/mol. The van der Waals surface area contributed by atoms with Crippen LogP contribution in [0, 0.1) is 0 Å². The topological polar surface area (TPSA) is 101 Å². The summed E-state index contributed by atoms with van der Waals surface area (Å²) in [5, 5.41) is 4.19. The molecule has 1 aliphatic heterocycles. The van der Waals surface area contributed by atoms with E-state index in [1.807, 2.05) is 12.1 Å². The molecule has 1 aliphatic carbocycles. The maximum Gasteiger partial charge on any atom is 0.419 e. The Morgan fingerprint density at radius 3 is 2.40 bits per heavy atom. The van der Waals surface area contributed by atoms with Crippen LogP contribution in [0.4, 0.5) is 9.59 Å². The monoisotopic (exact) mass is 435 g/mol. The van der Waals surface area contributed by atoms with Gasteiger partial charge in [0, 0.05) is 5.70 Å². The molecule has 2 N–H and O–H groups in total. The summed E-state index contributed by atoms with van der Waals surface area (Å²) in [6, 6.07) is 3.93. The first kappa shape index (κ1) is 23.7. The first-order valence-corrected chi connectivity index (χ1v) is 13.7. The van der Waals surface area contributed by atoms with Gasteiger partial charge in [-0.25, -0.2) is 14.5 Å². The summed E-state index contributed by atoms with van der Waals surface area (Å²) in [6.07, 6.45) is 4.07. The highest BCUT2D eigenvalue weighted by molar-refractivity contribution is 6.88. The summed E-state index contributed by atoms with van der Waals surface area (Å²) in [5.74, 6) is -0.0114. The minimum Gasteiger partial charge on any atom is -0.447 e. The van der Waals surface area contributed by atoms with Gasteiger partial charge in [-0.3, -0.25) is 4.79 Å². The van der Waals surface area contributed by atoms with Gasteiger partial charge in [-0.05, 0) is 57.5 Å². The lowest BCUT2D eigenvalue weighted by molar-refractivity contribution is 0.0339. The number of imide groups is 1. The van der Waals surface area contributed by atoms with Gasteiger partial charge < -0.3 is 19.8 Å². The van der Waals surface area contributed by atoms with Crippen LogP contribution in [-0.2, 0) is 9.47 Å². The zero-order valence-electron chi connectivity index (χ0n) is 18.8. The molecule has 30 heavy (non-hydrogen) atoms. The number of aromatic nitrogens is 1. The summed E-state index contributed by atoms with van der Waals surface area (Å²) in [5.41, 5.74) is 1.16. The molecule has 0 spiro atoms. The van der Waals surface area contributed by atoms with Crippen molar-refractivity contribution < 1.29 is 23.9 Å². The van der Waals surface area contributed by atoms with Crippen LogP contribution >= 0.6 is 0 Å². The van der Waals surface area contributed by atoms with E-state index in [-0.39, 0.29) is 19.1 Å². The Morgan fingerprint density at radius 2 is 1.93 bits per heavy atom. The average molecular weight is 436 g/mol. The summed E-state index contributed by atoms with van der Waals surface area (Å²) < 4.78 is 9.57. The third-order valence-electron chi connectivity index (χ3n) is 4.43. The Bertz CT molecular complexity index is 817. The molecular weight excluding hydrogens is 402 g/mol. The van der Waals surface area contributed by atoms with Crippen LogP contribution < -0.4 is 10.6 Å². The van der Waals surface area contributed by atoms with Crippen LogP contribution in [0.15, 0.2) is 23.9 Å². The number of allylic oxidation sites excluding steroid dienone is 2. The molecule has 0 unspecified atom stereocenters. The molecule has 1 fully saturated rings. The number of aromatic amines is 1. The fourth-order valence-corrected chi connectivity index (χ4v) is 3.93. The number of nitrogens with zero attached hydrogens (tertiary/aromatic N) is 1. The van der Waals surface area contributed by atoms with Crippen molar-refractivity contribution in [3.05, 3.63) is 29.6 Å². The highest BCUT2D eigenvalue weighted by Crippen LogP contribution is 2.15. The Morgan fingerprint density at radius 1 is 1.23 bits per heavy atom. The Labute approximate surface area is 179 Å². The highest BCUT2D eigenvalue weighted by Gasteiger charge is 2.32. The number of hydrogen-bond acceptors (Lipinski definition) is 5. The lowest BCUT2D eigenvalue weighted by atomic mass is 10.2. The zero-order valence-corrected chi connectivity index (χ0v) is 19.8. The Hall–Kier alpha value is -2.55. The Balaban J connectivity index is 0.000000222. The highest BCUT2D eigenvalue weighted by atomic mass is 28.3. The van der Waals surface area contributed by atoms with E-state index in [9.17, 15) is 14.4 Å².